The van der Waals surface area contributed by atoms with Gasteiger partial charge in [-0.05, 0) is 31.2 Å². The van der Waals surface area contributed by atoms with Crippen molar-refractivity contribution in [3.05, 3.63) is 28.7 Å². The molecule has 0 radical (unpaired) electrons. The molecule has 1 aromatic carbocycles. The number of nitrogens with one attached hydrogen (secondary N) is 2. The predicted octanol–water partition coefficient (Wildman–Crippen LogP) is 1.44. The summed E-state index contributed by atoms with van der Waals surface area (Å²) in [5.41, 5.74) is 5.63. The van der Waals surface area contributed by atoms with Gasteiger partial charge in [0.1, 0.15) is 6.04 Å². The molecule has 0 bridgehead atoms. The quantitative estimate of drug-likeness (QED) is 0.786. The maximum absolute atomic E-state index is 11.3. The number of carbonyl (C=O) groups is 2. The lowest BCUT2D eigenvalue weighted by Gasteiger charge is -2.13. The van der Waals surface area contributed by atoms with E-state index in [0.29, 0.717) is 0 Å². The van der Waals surface area contributed by atoms with Crippen molar-refractivity contribution in [1.29, 1.82) is 0 Å². The Morgan fingerprint density at radius 2 is 1.88 bits per heavy atom. The zero-order valence-corrected chi connectivity index (χ0v) is 10.2. The molecule has 0 spiro atoms. The van der Waals surface area contributed by atoms with Crippen LogP contribution in [0.2, 0.25) is 0 Å². The number of rotatable bonds is 3. The Kier molecular flexibility index (Phi) is 4.30. The monoisotopic (exact) mass is 285 g/mol. The summed E-state index contributed by atoms with van der Waals surface area (Å²) in [5, 5.41) is 4.94. The van der Waals surface area contributed by atoms with Gasteiger partial charge in [-0.3, -0.25) is 10.1 Å². The van der Waals surface area contributed by atoms with Crippen LogP contribution in [-0.4, -0.2) is 18.0 Å². The second-order valence-electron chi connectivity index (χ2n) is 3.23. The number of imide groups is 1. The van der Waals surface area contributed by atoms with Gasteiger partial charge < -0.3 is 11.1 Å². The van der Waals surface area contributed by atoms with E-state index in [1.807, 2.05) is 29.6 Å². The molecule has 0 fully saturated rings. The molecule has 0 unspecified atom stereocenters. The Balaban J connectivity index is 2.57. The highest BCUT2D eigenvalue weighted by atomic mass is 79.9. The number of halogens is 1. The molecule has 0 aliphatic heterocycles. The average Bonchev–Trinajstić information content (AvgIpc) is 2.20. The summed E-state index contributed by atoms with van der Waals surface area (Å²) in [7, 11) is 0. The molecular weight excluding hydrogens is 274 g/mol. The predicted molar refractivity (Wildman–Crippen MR) is 65.0 cm³/mol. The van der Waals surface area contributed by atoms with E-state index in [2.05, 4.69) is 21.2 Å². The minimum atomic E-state index is -0.852. The maximum Gasteiger partial charge on any atom is 0.318 e. The number of primary amides is 1. The van der Waals surface area contributed by atoms with Gasteiger partial charge in [-0.25, -0.2) is 4.79 Å². The van der Waals surface area contributed by atoms with Gasteiger partial charge in [-0.15, -0.1) is 0 Å². The topological polar surface area (TPSA) is 84.2 Å². The third kappa shape index (κ3) is 3.90. The summed E-state index contributed by atoms with van der Waals surface area (Å²) in [5.74, 6) is -0.463. The normalized spacial score (nSPS) is 11.6. The fourth-order valence-electron chi connectivity index (χ4n) is 1.09. The molecule has 0 saturated carbocycles. The zero-order valence-electron chi connectivity index (χ0n) is 8.66. The molecule has 0 heterocycles. The van der Waals surface area contributed by atoms with Crippen LogP contribution in [0, 0.1) is 0 Å². The second-order valence-corrected chi connectivity index (χ2v) is 4.14. The van der Waals surface area contributed by atoms with Gasteiger partial charge in [0.25, 0.3) is 0 Å². The molecule has 0 aromatic heterocycles. The van der Waals surface area contributed by atoms with E-state index in [1.54, 1.807) is 6.92 Å². The fourth-order valence-corrected chi connectivity index (χ4v) is 1.36. The molecular formula is C10H12BrN3O2. The highest BCUT2D eigenvalue weighted by Crippen LogP contribution is 2.14. The number of urea groups is 1. The highest BCUT2D eigenvalue weighted by Gasteiger charge is 2.13. The number of carbonyl (C=O) groups excluding carboxylic acids is 2. The van der Waals surface area contributed by atoms with Gasteiger partial charge in [0.15, 0.2) is 0 Å². The molecule has 16 heavy (non-hydrogen) atoms. The van der Waals surface area contributed by atoms with Crippen molar-refractivity contribution in [2.75, 3.05) is 5.32 Å². The number of anilines is 1. The SMILES string of the molecule is C[C@@H](Nc1ccc(Br)cc1)C(=O)NC(N)=O. The number of hydrogen-bond acceptors (Lipinski definition) is 3. The van der Waals surface area contributed by atoms with E-state index in [9.17, 15) is 9.59 Å². The molecule has 4 N–H and O–H groups in total. The molecule has 0 saturated heterocycles. The van der Waals surface area contributed by atoms with E-state index < -0.39 is 18.0 Å². The number of benzene rings is 1. The summed E-state index contributed by atoms with van der Waals surface area (Å²) in [6, 6.07) is 5.95. The molecule has 0 aliphatic carbocycles. The van der Waals surface area contributed by atoms with E-state index in [4.69, 9.17) is 5.73 Å². The summed E-state index contributed by atoms with van der Waals surface area (Å²) >= 11 is 3.31. The molecule has 3 amide bonds. The van der Waals surface area contributed by atoms with Crippen molar-refractivity contribution in [3.8, 4) is 0 Å². The van der Waals surface area contributed by atoms with Crippen LogP contribution in [0.1, 0.15) is 6.92 Å². The van der Waals surface area contributed by atoms with Crippen LogP contribution in [0.3, 0.4) is 0 Å². The summed E-state index contributed by atoms with van der Waals surface area (Å²) in [6.07, 6.45) is 0. The summed E-state index contributed by atoms with van der Waals surface area (Å²) in [6.45, 7) is 1.64. The average molecular weight is 286 g/mol. The van der Waals surface area contributed by atoms with Crippen molar-refractivity contribution in [1.82, 2.24) is 5.32 Å². The highest BCUT2D eigenvalue weighted by molar-refractivity contribution is 9.10. The van der Waals surface area contributed by atoms with Gasteiger partial charge in [0.05, 0.1) is 0 Å². The van der Waals surface area contributed by atoms with Crippen molar-refractivity contribution in [2.45, 2.75) is 13.0 Å². The molecule has 1 atom stereocenters. The largest absolute Gasteiger partial charge is 0.374 e. The number of hydrogen-bond donors (Lipinski definition) is 3. The molecule has 1 aromatic rings. The Labute approximate surface area is 102 Å². The first-order chi connectivity index (χ1) is 7.49. The lowest BCUT2D eigenvalue weighted by molar-refractivity contribution is -0.120. The number of amides is 3. The smallest absolute Gasteiger partial charge is 0.318 e. The van der Waals surface area contributed by atoms with Gasteiger partial charge in [0, 0.05) is 10.2 Å². The third-order valence-corrected chi connectivity index (χ3v) is 2.40. The van der Waals surface area contributed by atoms with Crippen LogP contribution in [0.15, 0.2) is 28.7 Å². The van der Waals surface area contributed by atoms with Crippen molar-refractivity contribution in [3.63, 3.8) is 0 Å². The van der Waals surface area contributed by atoms with Crippen LogP contribution in [0.25, 0.3) is 0 Å². The van der Waals surface area contributed by atoms with Crippen molar-refractivity contribution in [2.24, 2.45) is 5.73 Å². The first-order valence-corrected chi connectivity index (χ1v) is 5.40. The fraction of sp³-hybridized carbons (Fsp3) is 0.200. The van der Waals surface area contributed by atoms with Crippen LogP contribution in [0.5, 0.6) is 0 Å². The van der Waals surface area contributed by atoms with Gasteiger partial charge >= 0.3 is 6.03 Å². The molecule has 6 heteroatoms. The minimum Gasteiger partial charge on any atom is -0.374 e. The third-order valence-electron chi connectivity index (χ3n) is 1.87. The Bertz CT molecular complexity index is 392. The molecule has 86 valence electrons. The second kappa shape index (κ2) is 5.50. The van der Waals surface area contributed by atoms with E-state index >= 15 is 0 Å². The van der Waals surface area contributed by atoms with Crippen LogP contribution < -0.4 is 16.4 Å². The first-order valence-electron chi connectivity index (χ1n) is 4.61. The van der Waals surface area contributed by atoms with Gasteiger partial charge in [0.2, 0.25) is 5.91 Å². The Morgan fingerprint density at radius 1 is 1.31 bits per heavy atom. The molecule has 1 rings (SSSR count). The van der Waals surface area contributed by atoms with Crippen LogP contribution in [-0.2, 0) is 4.79 Å². The van der Waals surface area contributed by atoms with E-state index in [0.717, 1.165) is 10.2 Å². The first kappa shape index (κ1) is 12.5. The summed E-state index contributed by atoms with van der Waals surface area (Å²) in [4.78, 5) is 21.8. The molecule has 5 nitrogen and oxygen atoms in total. The van der Waals surface area contributed by atoms with Crippen molar-refractivity contribution >= 4 is 33.6 Å². The van der Waals surface area contributed by atoms with Gasteiger partial charge in [-0.1, -0.05) is 15.9 Å². The zero-order chi connectivity index (χ0) is 12.1. The lowest BCUT2D eigenvalue weighted by atomic mass is 10.2. The van der Waals surface area contributed by atoms with Gasteiger partial charge in [-0.2, -0.15) is 0 Å². The lowest BCUT2D eigenvalue weighted by Crippen LogP contribution is -2.43. The maximum atomic E-state index is 11.3. The molecule has 0 aliphatic rings. The van der Waals surface area contributed by atoms with E-state index in [-0.39, 0.29) is 0 Å². The summed E-state index contributed by atoms with van der Waals surface area (Å²) < 4.78 is 0.951. The van der Waals surface area contributed by atoms with E-state index in [1.165, 1.54) is 0 Å². The minimum absolute atomic E-state index is 0.463. The van der Waals surface area contributed by atoms with Crippen LogP contribution >= 0.6 is 15.9 Å². The van der Waals surface area contributed by atoms with Crippen LogP contribution in [0.4, 0.5) is 10.5 Å². The number of nitrogens with two attached hydrogens (primary N) is 1. The van der Waals surface area contributed by atoms with Crippen molar-refractivity contribution < 1.29 is 9.59 Å². The Hall–Kier alpha value is -1.56. The standard InChI is InChI=1S/C10H12BrN3O2/c1-6(9(15)14-10(12)16)13-8-4-2-7(11)3-5-8/h2-6,13H,1H3,(H3,12,14,15,16)/t6-/m1/s1. The Morgan fingerprint density at radius 3 is 2.38 bits per heavy atom.